The second-order valence-electron chi connectivity index (χ2n) is 5.94. The van der Waals surface area contributed by atoms with Crippen molar-refractivity contribution < 1.29 is 17.9 Å². The molecule has 3 rings (SSSR count). The number of furan rings is 1. The van der Waals surface area contributed by atoms with Crippen molar-refractivity contribution in [3.8, 4) is 0 Å². The predicted molar refractivity (Wildman–Crippen MR) is 77.3 cm³/mol. The fourth-order valence-electron chi connectivity index (χ4n) is 2.82. The molecule has 0 atom stereocenters. The molecule has 1 aliphatic carbocycles. The van der Waals surface area contributed by atoms with E-state index >= 15 is 0 Å². The van der Waals surface area contributed by atoms with E-state index in [0.29, 0.717) is 24.6 Å². The number of aliphatic hydroxyl groups excluding tert-OH is 1. The molecular formula is C14H22N2O4S. The van der Waals surface area contributed by atoms with E-state index in [0.717, 1.165) is 25.6 Å². The summed E-state index contributed by atoms with van der Waals surface area (Å²) in [4.78, 5) is 2.53. The highest BCUT2D eigenvalue weighted by molar-refractivity contribution is 7.89. The Morgan fingerprint density at radius 2 is 1.95 bits per heavy atom. The summed E-state index contributed by atoms with van der Waals surface area (Å²) in [6.45, 7) is 5.06. The number of nitrogens with zero attached hydrogens (tertiary/aromatic N) is 2. The predicted octanol–water partition coefficient (Wildman–Crippen LogP) is 0.797. The molecule has 0 spiro atoms. The average Bonchev–Trinajstić information content (AvgIpc) is 3.19. The van der Waals surface area contributed by atoms with Gasteiger partial charge >= 0.3 is 0 Å². The molecule has 1 saturated carbocycles. The van der Waals surface area contributed by atoms with Gasteiger partial charge in [-0.15, -0.1) is 0 Å². The molecule has 1 aliphatic heterocycles. The molecule has 0 amide bonds. The van der Waals surface area contributed by atoms with E-state index in [2.05, 4.69) is 4.90 Å². The van der Waals surface area contributed by atoms with Crippen LogP contribution >= 0.6 is 0 Å². The first-order valence-corrected chi connectivity index (χ1v) is 8.87. The van der Waals surface area contributed by atoms with Gasteiger partial charge in [-0.2, -0.15) is 4.31 Å². The molecule has 7 heteroatoms. The van der Waals surface area contributed by atoms with E-state index in [9.17, 15) is 8.42 Å². The first kappa shape index (κ1) is 15.0. The van der Waals surface area contributed by atoms with Crippen LogP contribution < -0.4 is 0 Å². The zero-order chi connectivity index (χ0) is 15.0. The van der Waals surface area contributed by atoms with E-state index in [1.165, 1.54) is 23.2 Å². The van der Waals surface area contributed by atoms with Crippen molar-refractivity contribution in [1.82, 2.24) is 9.21 Å². The molecule has 0 radical (unpaired) electrons. The standard InChI is InChI=1S/C14H22N2O4S/c1-11-14(8-13(10-17)20-11)21(18,19)16-6-4-15(5-7-16)9-12-2-3-12/h8,12,17H,2-7,9-10H2,1H3. The Morgan fingerprint density at radius 1 is 1.29 bits per heavy atom. The van der Waals surface area contributed by atoms with Crippen LogP contribution in [-0.2, 0) is 16.6 Å². The summed E-state index contributed by atoms with van der Waals surface area (Å²) in [7, 11) is -3.52. The van der Waals surface area contributed by atoms with Crippen LogP contribution in [0.25, 0.3) is 0 Å². The molecule has 21 heavy (non-hydrogen) atoms. The van der Waals surface area contributed by atoms with Crippen LogP contribution in [-0.4, -0.2) is 55.5 Å². The van der Waals surface area contributed by atoms with Crippen molar-refractivity contribution in [2.24, 2.45) is 5.92 Å². The van der Waals surface area contributed by atoms with Gasteiger partial charge in [0.15, 0.2) is 0 Å². The van der Waals surface area contributed by atoms with E-state index in [-0.39, 0.29) is 11.5 Å². The van der Waals surface area contributed by atoms with E-state index in [1.807, 2.05) is 0 Å². The van der Waals surface area contributed by atoms with Gasteiger partial charge < -0.3 is 14.4 Å². The van der Waals surface area contributed by atoms with Gasteiger partial charge in [0.1, 0.15) is 23.0 Å². The smallest absolute Gasteiger partial charge is 0.246 e. The minimum Gasteiger partial charge on any atom is -0.462 e. The highest BCUT2D eigenvalue weighted by atomic mass is 32.2. The van der Waals surface area contributed by atoms with Gasteiger partial charge in [-0.05, 0) is 25.7 Å². The maximum atomic E-state index is 12.6. The van der Waals surface area contributed by atoms with Gasteiger partial charge in [0.2, 0.25) is 10.0 Å². The second kappa shape index (κ2) is 5.72. The first-order chi connectivity index (χ1) is 10.0. The minimum absolute atomic E-state index is 0.183. The molecule has 0 aromatic carbocycles. The fraction of sp³-hybridized carbons (Fsp3) is 0.714. The summed E-state index contributed by atoms with van der Waals surface area (Å²) in [5.41, 5.74) is 0. The Labute approximate surface area is 125 Å². The minimum atomic E-state index is -3.52. The Morgan fingerprint density at radius 3 is 2.48 bits per heavy atom. The van der Waals surface area contributed by atoms with Crippen molar-refractivity contribution in [3.05, 3.63) is 17.6 Å². The van der Waals surface area contributed by atoms with Gasteiger partial charge in [-0.25, -0.2) is 8.42 Å². The number of sulfonamides is 1. The summed E-state index contributed by atoms with van der Waals surface area (Å²) < 4.78 is 32.1. The van der Waals surface area contributed by atoms with Crippen LogP contribution in [0.5, 0.6) is 0 Å². The number of aryl methyl sites for hydroxylation is 1. The number of aliphatic hydroxyl groups is 1. The third-order valence-corrected chi connectivity index (χ3v) is 6.25. The molecule has 118 valence electrons. The van der Waals surface area contributed by atoms with Gasteiger partial charge in [0, 0.05) is 38.8 Å². The molecule has 1 N–H and O–H groups in total. The SMILES string of the molecule is Cc1oc(CO)cc1S(=O)(=O)N1CCN(CC2CC2)CC1. The van der Waals surface area contributed by atoms with E-state index in [1.54, 1.807) is 6.92 Å². The maximum absolute atomic E-state index is 12.6. The molecule has 1 aromatic heterocycles. The lowest BCUT2D eigenvalue weighted by molar-refractivity contribution is 0.182. The maximum Gasteiger partial charge on any atom is 0.246 e. The monoisotopic (exact) mass is 314 g/mol. The first-order valence-electron chi connectivity index (χ1n) is 7.43. The Balaban J connectivity index is 1.68. The third-order valence-electron chi connectivity index (χ3n) is 4.24. The van der Waals surface area contributed by atoms with Crippen LogP contribution in [0.3, 0.4) is 0 Å². The Hall–Kier alpha value is -0.890. The van der Waals surface area contributed by atoms with Gasteiger partial charge in [0.05, 0.1) is 0 Å². The van der Waals surface area contributed by atoms with Gasteiger partial charge in [0.25, 0.3) is 0 Å². The van der Waals surface area contributed by atoms with Crippen LogP contribution in [0.4, 0.5) is 0 Å². The normalized spacial score (nSPS) is 21.8. The van der Waals surface area contributed by atoms with Crippen molar-refractivity contribution in [2.45, 2.75) is 31.3 Å². The highest BCUT2D eigenvalue weighted by Crippen LogP contribution is 2.30. The quantitative estimate of drug-likeness (QED) is 0.870. The molecule has 0 unspecified atom stereocenters. The average molecular weight is 314 g/mol. The lowest BCUT2D eigenvalue weighted by atomic mass is 10.3. The molecule has 6 nitrogen and oxygen atoms in total. The number of hydrogen-bond donors (Lipinski definition) is 1. The highest BCUT2D eigenvalue weighted by Gasteiger charge is 2.33. The lowest BCUT2D eigenvalue weighted by Gasteiger charge is -2.33. The van der Waals surface area contributed by atoms with Crippen LogP contribution in [0.1, 0.15) is 24.4 Å². The number of hydrogen-bond acceptors (Lipinski definition) is 5. The summed E-state index contributed by atoms with van der Waals surface area (Å²) in [6.07, 6.45) is 2.63. The molecule has 1 saturated heterocycles. The summed E-state index contributed by atoms with van der Waals surface area (Å²) in [5.74, 6) is 1.47. The topological polar surface area (TPSA) is 74.0 Å². The molecular weight excluding hydrogens is 292 g/mol. The summed E-state index contributed by atoms with van der Waals surface area (Å²) in [6, 6.07) is 1.43. The van der Waals surface area contributed by atoms with Crippen LogP contribution in [0, 0.1) is 12.8 Å². The number of rotatable bonds is 5. The van der Waals surface area contributed by atoms with Gasteiger partial charge in [-0.1, -0.05) is 0 Å². The lowest BCUT2D eigenvalue weighted by Crippen LogP contribution is -2.49. The van der Waals surface area contributed by atoms with Crippen molar-refractivity contribution in [3.63, 3.8) is 0 Å². The van der Waals surface area contributed by atoms with Crippen molar-refractivity contribution >= 4 is 10.0 Å². The fourth-order valence-corrected chi connectivity index (χ4v) is 4.42. The zero-order valence-corrected chi connectivity index (χ0v) is 13.1. The van der Waals surface area contributed by atoms with Gasteiger partial charge in [-0.3, -0.25) is 0 Å². The molecule has 2 heterocycles. The van der Waals surface area contributed by atoms with E-state index in [4.69, 9.17) is 9.52 Å². The third kappa shape index (κ3) is 3.15. The molecule has 1 aromatic rings. The molecule has 2 fully saturated rings. The van der Waals surface area contributed by atoms with Crippen LogP contribution in [0.15, 0.2) is 15.4 Å². The second-order valence-corrected chi connectivity index (χ2v) is 7.85. The zero-order valence-electron chi connectivity index (χ0n) is 12.3. The van der Waals surface area contributed by atoms with E-state index < -0.39 is 10.0 Å². The van der Waals surface area contributed by atoms with Crippen molar-refractivity contribution in [1.29, 1.82) is 0 Å². The molecule has 0 bridgehead atoms. The summed E-state index contributed by atoms with van der Waals surface area (Å²) in [5, 5.41) is 9.07. The largest absolute Gasteiger partial charge is 0.462 e. The Bertz CT molecular complexity index is 598. The Kier molecular flexibility index (Phi) is 4.09. The summed E-state index contributed by atoms with van der Waals surface area (Å²) >= 11 is 0. The number of piperazine rings is 1. The van der Waals surface area contributed by atoms with Crippen molar-refractivity contribution in [2.75, 3.05) is 32.7 Å². The van der Waals surface area contributed by atoms with Crippen LogP contribution in [0.2, 0.25) is 0 Å². The molecule has 2 aliphatic rings.